The van der Waals surface area contributed by atoms with Crippen molar-refractivity contribution < 1.29 is 24.1 Å². The van der Waals surface area contributed by atoms with Gasteiger partial charge in [-0.2, -0.15) is 0 Å². The van der Waals surface area contributed by atoms with Crippen LogP contribution >= 0.6 is 11.6 Å². The zero-order chi connectivity index (χ0) is 24.0. The van der Waals surface area contributed by atoms with Crippen molar-refractivity contribution >= 4 is 40.5 Å². The molecule has 3 aromatic rings. The Morgan fingerprint density at radius 3 is 2.41 bits per heavy atom. The first-order valence-electron chi connectivity index (χ1n) is 10.4. The van der Waals surface area contributed by atoms with Crippen LogP contribution in [0.25, 0.3) is 0 Å². The zero-order valence-corrected chi connectivity index (χ0v) is 18.6. The van der Waals surface area contributed by atoms with Crippen LogP contribution in [0.1, 0.15) is 11.6 Å². The first-order chi connectivity index (χ1) is 16.4. The van der Waals surface area contributed by atoms with Gasteiger partial charge in [0, 0.05) is 17.2 Å². The molecular weight excluding hydrogens is 462 g/mol. The maximum Gasteiger partial charge on any atom is 0.271 e. The van der Waals surface area contributed by atoms with E-state index in [1.165, 1.54) is 30.4 Å². The van der Waals surface area contributed by atoms with Crippen LogP contribution in [0.3, 0.4) is 0 Å². The highest BCUT2D eigenvalue weighted by molar-refractivity contribution is 6.31. The summed E-state index contributed by atoms with van der Waals surface area (Å²) in [6.07, 6.45) is -1.10. The van der Waals surface area contributed by atoms with Gasteiger partial charge in [-0.1, -0.05) is 29.8 Å². The van der Waals surface area contributed by atoms with Gasteiger partial charge in [-0.05, 0) is 48.0 Å². The van der Waals surface area contributed by atoms with E-state index in [0.29, 0.717) is 27.7 Å². The van der Waals surface area contributed by atoms with Crippen LogP contribution in [-0.4, -0.2) is 30.0 Å². The molecule has 2 amide bonds. The van der Waals surface area contributed by atoms with Crippen LogP contribution in [0.5, 0.6) is 5.75 Å². The predicted octanol–water partition coefficient (Wildman–Crippen LogP) is 4.31. The summed E-state index contributed by atoms with van der Waals surface area (Å²) in [5.74, 6) is -1.27. The number of carbonyl (C=O) groups is 2. The molecule has 0 unspecified atom stereocenters. The van der Waals surface area contributed by atoms with Crippen molar-refractivity contribution in [3.05, 3.63) is 93.5 Å². The number of carbonyl (C=O) groups excluding carboxylic acids is 2. The summed E-state index contributed by atoms with van der Waals surface area (Å²) in [6.45, 7) is 0. The van der Waals surface area contributed by atoms with Gasteiger partial charge in [-0.25, -0.2) is 9.96 Å². The number of rotatable bonds is 5. The minimum absolute atomic E-state index is 0.136. The molecule has 0 spiro atoms. The van der Waals surface area contributed by atoms with E-state index in [4.69, 9.17) is 21.2 Å². The van der Waals surface area contributed by atoms with Crippen molar-refractivity contribution in [2.45, 2.75) is 12.1 Å². The van der Waals surface area contributed by atoms with Gasteiger partial charge >= 0.3 is 0 Å². The summed E-state index contributed by atoms with van der Waals surface area (Å²) in [5, 5.41) is 13.2. The van der Waals surface area contributed by atoms with Gasteiger partial charge in [0.25, 0.3) is 11.6 Å². The fourth-order valence-corrected chi connectivity index (χ4v) is 4.52. The van der Waals surface area contributed by atoms with Gasteiger partial charge in [-0.3, -0.25) is 24.5 Å². The van der Waals surface area contributed by atoms with Crippen LogP contribution in [0, 0.1) is 16.0 Å². The first-order valence-corrected chi connectivity index (χ1v) is 10.7. The van der Waals surface area contributed by atoms with E-state index in [1.807, 2.05) is 0 Å². The number of benzene rings is 3. The Hall–Kier alpha value is -3.95. The van der Waals surface area contributed by atoms with Crippen molar-refractivity contribution in [2.24, 2.45) is 5.92 Å². The quantitative estimate of drug-likeness (QED) is 0.305. The predicted molar refractivity (Wildman–Crippen MR) is 124 cm³/mol. The number of hydrogen-bond acceptors (Lipinski definition) is 7. The first kappa shape index (κ1) is 21.9. The summed E-state index contributed by atoms with van der Waals surface area (Å²) in [7, 11) is 1.53. The Kier molecular flexibility index (Phi) is 5.43. The van der Waals surface area contributed by atoms with Crippen molar-refractivity contribution in [1.29, 1.82) is 0 Å². The molecule has 5 rings (SSSR count). The number of nitro benzene ring substituents is 1. The summed E-state index contributed by atoms with van der Waals surface area (Å²) in [4.78, 5) is 44.9. The summed E-state index contributed by atoms with van der Waals surface area (Å²) in [6, 6.07) is 18.6. The standard InChI is InChI=1S/C24H18ClN3O6/c1-33-19-7-2-4-14(12-19)21-20-22(34-27(21)17-5-3-6-18(13-17)28(31)32)24(30)26(23(20)29)16-10-8-15(25)9-11-16/h2-13,20-22H,1H3/t20-,21-,22+/m1/s1. The molecule has 172 valence electrons. The fraction of sp³-hybridized carbons (Fsp3) is 0.167. The van der Waals surface area contributed by atoms with Gasteiger partial charge in [-0.15, -0.1) is 0 Å². The lowest BCUT2D eigenvalue weighted by atomic mass is 9.90. The number of imide groups is 1. The molecular formula is C24H18ClN3O6. The summed E-state index contributed by atoms with van der Waals surface area (Å²) in [5.41, 5.74) is 1.28. The van der Waals surface area contributed by atoms with Gasteiger partial charge in [0.15, 0.2) is 6.10 Å². The van der Waals surface area contributed by atoms with E-state index >= 15 is 0 Å². The number of fused-ring (bicyclic) bond motifs is 1. The molecule has 3 aromatic carbocycles. The number of halogens is 1. The molecule has 0 radical (unpaired) electrons. The number of nitro groups is 1. The minimum atomic E-state index is -1.10. The third kappa shape index (κ3) is 3.55. The molecule has 0 saturated carbocycles. The number of methoxy groups -OCH3 is 1. The third-order valence-corrected chi connectivity index (χ3v) is 6.18. The molecule has 0 aliphatic carbocycles. The largest absolute Gasteiger partial charge is 0.497 e. The summed E-state index contributed by atoms with van der Waals surface area (Å²) < 4.78 is 5.34. The Morgan fingerprint density at radius 1 is 0.971 bits per heavy atom. The molecule has 2 fully saturated rings. The smallest absolute Gasteiger partial charge is 0.271 e. The van der Waals surface area contributed by atoms with E-state index in [-0.39, 0.29) is 5.69 Å². The average Bonchev–Trinajstić information content (AvgIpc) is 3.36. The molecule has 0 aromatic heterocycles. The maximum absolute atomic E-state index is 13.6. The fourth-order valence-electron chi connectivity index (χ4n) is 4.39. The highest BCUT2D eigenvalue weighted by atomic mass is 35.5. The van der Waals surface area contributed by atoms with E-state index in [0.717, 1.165) is 4.90 Å². The minimum Gasteiger partial charge on any atom is -0.497 e. The van der Waals surface area contributed by atoms with Crippen molar-refractivity contribution in [3.63, 3.8) is 0 Å². The second kappa shape index (κ2) is 8.44. The molecule has 3 atom stereocenters. The number of hydrogen-bond donors (Lipinski definition) is 0. The lowest BCUT2D eigenvalue weighted by Crippen LogP contribution is -2.37. The Balaban J connectivity index is 1.60. The number of non-ortho nitro benzene ring substituents is 1. The molecule has 2 aliphatic heterocycles. The average molecular weight is 480 g/mol. The Morgan fingerprint density at radius 2 is 1.71 bits per heavy atom. The third-order valence-electron chi connectivity index (χ3n) is 5.93. The van der Waals surface area contributed by atoms with Gasteiger partial charge in [0.1, 0.15) is 11.7 Å². The zero-order valence-electron chi connectivity index (χ0n) is 17.8. The highest BCUT2D eigenvalue weighted by Crippen LogP contribution is 2.48. The van der Waals surface area contributed by atoms with Crippen LogP contribution in [-0.2, 0) is 14.4 Å². The molecule has 10 heteroatoms. The SMILES string of the molecule is COc1cccc([C@@H]2[C@H]3C(=O)N(c4ccc(Cl)cc4)C(=O)[C@H]3ON2c2cccc([N+](=O)[O-])c2)c1. The van der Waals surface area contributed by atoms with Gasteiger partial charge < -0.3 is 4.74 Å². The summed E-state index contributed by atoms with van der Waals surface area (Å²) >= 11 is 5.96. The number of anilines is 2. The molecule has 9 nitrogen and oxygen atoms in total. The van der Waals surface area contributed by atoms with E-state index < -0.39 is 34.8 Å². The Bertz CT molecular complexity index is 1300. The monoisotopic (exact) mass is 479 g/mol. The molecule has 2 heterocycles. The molecule has 0 bridgehead atoms. The van der Waals surface area contributed by atoms with E-state index in [9.17, 15) is 19.7 Å². The van der Waals surface area contributed by atoms with Crippen molar-refractivity contribution in [2.75, 3.05) is 17.1 Å². The maximum atomic E-state index is 13.6. The van der Waals surface area contributed by atoms with Crippen LogP contribution in [0.2, 0.25) is 5.02 Å². The van der Waals surface area contributed by atoms with E-state index in [1.54, 1.807) is 54.6 Å². The topological polar surface area (TPSA) is 102 Å². The number of amides is 2. The molecule has 2 saturated heterocycles. The van der Waals surface area contributed by atoms with Gasteiger partial charge in [0.2, 0.25) is 5.91 Å². The van der Waals surface area contributed by atoms with Crippen LogP contribution in [0.4, 0.5) is 17.1 Å². The number of ether oxygens (including phenoxy) is 1. The van der Waals surface area contributed by atoms with Crippen molar-refractivity contribution in [3.8, 4) is 5.75 Å². The molecule has 2 aliphatic rings. The second-order valence-electron chi connectivity index (χ2n) is 7.86. The highest BCUT2D eigenvalue weighted by Gasteiger charge is 2.60. The normalized spacial score (nSPS) is 21.6. The lowest BCUT2D eigenvalue weighted by molar-refractivity contribution is -0.384. The number of nitrogens with zero attached hydrogens (tertiary/aromatic N) is 3. The Labute approximate surface area is 199 Å². The van der Waals surface area contributed by atoms with Crippen molar-refractivity contribution in [1.82, 2.24) is 0 Å². The lowest BCUT2D eigenvalue weighted by Gasteiger charge is -2.28. The van der Waals surface area contributed by atoms with Gasteiger partial charge in [0.05, 0.1) is 29.4 Å². The molecule has 0 N–H and O–H groups in total. The second-order valence-corrected chi connectivity index (χ2v) is 8.30. The van der Waals surface area contributed by atoms with Crippen LogP contribution in [0.15, 0.2) is 72.8 Å². The van der Waals surface area contributed by atoms with E-state index in [2.05, 4.69) is 0 Å². The number of hydroxylamine groups is 1. The molecule has 34 heavy (non-hydrogen) atoms. The van der Waals surface area contributed by atoms with Crippen LogP contribution < -0.4 is 14.7 Å².